The molecule has 18 heavy (non-hydrogen) atoms. The SMILES string of the molecule is CC(O)CNC(=O)c1ccc(-n2cncn2)nc1. The van der Waals surface area contributed by atoms with Gasteiger partial charge in [0.25, 0.3) is 5.91 Å². The quantitative estimate of drug-likeness (QED) is 0.778. The number of aliphatic hydroxyl groups excluding tert-OH is 1. The lowest BCUT2D eigenvalue weighted by Gasteiger charge is -2.07. The van der Waals surface area contributed by atoms with Gasteiger partial charge in [0.2, 0.25) is 0 Å². The summed E-state index contributed by atoms with van der Waals surface area (Å²) in [6, 6.07) is 3.31. The van der Waals surface area contributed by atoms with E-state index in [1.54, 1.807) is 19.1 Å². The highest BCUT2D eigenvalue weighted by molar-refractivity contribution is 5.93. The Morgan fingerprint density at radius 2 is 2.39 bits per heavy atom. The maximum atomic E-state index is 11.6. The van der Waals surface area contributed by atoms with E-state index in [1.807, 2.05) is 0 Å². The maximum absolute atomic E-state index is 11.6. The summed E-state index contributed by atoms with van der Waals surface area (Å²) in [5.74, 6) is 0.313. The van der Waals surface area contributed by atoms with Crippen molar-refractivity contribution < 1.29 is 9.90 Å². The second kappa shape index (κ2) is 5.37. The molecule has 1 atom stereocenters. The molecule has 1 amide bonds. The van der Waals surface area contributed by atoms with Gasteiger partial charge in [0.1, 0.15) is 12.7 Å². The molecule has 0 saturated heterocycles. The molecule has 0 fully saturated rings. The lowest BCUT2D eigenvalue weighted by Crippen LogP contribution is -2.30. The Morgan fingerprint density at radius 1 is 1.56 bits per heavy atom. The molecule has 2 N–H and O–H groups in total. The summed E-state index contributed by atoms with van der Waals surface area (Å²) in [6.45, 7) is 1.82. The van der Waals surface area contributed by atoms with Crippen molar-refractivity contribution in [3.63, 3.8) is 0 Å². The molecule has 2 aromatic rings. The highest BCUT2D eigenvalue weighted by atomic mass is 16.3. The third-order valence-electron chi connectivity index (χ3n) is 2.22. The molecule has 0 radical (unpaired) electrons. The number of carbonyl (C=O) groups is 1. The van der Waals surface area contributed by atoms with Crippen LogP contribution in [0.3, 0.4) is 0 Å². The van der Waals surface area contributed by atoms with Crippen molar-refractivity contribution in [1.29, 1.82) is 0 Å². The Morgan fingerprint density at radius 3 is 2.94 bits per heavy atom. The minimum atomic E-state index is -0.573. The zero-order valence-electron chi connectivity index (χ0n) is 9.82. The molecule has 0 saturated carbocycles. The van der Waals surface area contributed by atoms with E-state index in [0.717, 1.165) is 0 Å². The van der Waals surface area contributed by atoms with E-state index in [0.29, 0.717) is 11.4 Å². The van der Waals surface area contributed by atoms with Gasteiger partial charge in [-0.25, -0.2) is 14.6 Å². The molecule has 94 valence electrons. The highest BCUT2D eigenvalue weighted by Gasteiger charge is 2.07. The van der Waals surface area contributed by atoms with E-state index in [9.17, 15) is 4.79 Å². The lowest BCUT2D eigenvalue weighted by molar-refractivity contribution is 0.0923. The first-order valence-corrected chi connectivity index (χ1v) is 5.44. The summed E-state index contributed by atoms with van der Waals surface area (Å²) in [4.78, 5) is 19.6. The van der Waals surface area contributed by atoms with Gasteiger partial charge in [-0.2, -0.15) is 5.10 Å². The van der Waals surface area contributed by atoms with E-state index in [2.05, 4.69) is 20.4 Å². The van der Waals surface area contributed by atoms with Gasteiger partial charge in [-0.05, 0) is 19.1 Å². The molecule has 0 spiro atoms. The largest absolute Gasteiger partial charge is 0.392 e. The highest BCUT2D eigenvalue weighted by Crippen LogP contribution is 2.03. The average Bonchev–Trinajstić information content (AvgIpc) is 2.90. The van der Waals surface area contributed by atoms with Crippen molar-refractivity contribution in [3.8, 4) is 5.82 Å². The van der Waals surface area contributed by atoms with Gasteiger partial charge in [0.05, 0.1) is 11.7 Å². The smallest absolute Gasteiger partial charge is 0.252 e. The van der Waals surface area contributed by atoms with Gasteiger partial charge < -0.3 is 10.4 Å². The minimum absolute atomic E-state index is 0.212. The first kappa shape index (κ1) is 12.2. The Labute approximate surface area is 104 Å². The van der Waals surface area contributed by atoms with E-state index < -0.39 is 6.10 Å². The molecule has 2 heterocycles. The van der Waals surface area contributed by atoms with Crippen molar-refractivity contribution in [1.82, 2.24) is 25.1 Å². The molecule has 0 aliphatic rings. The van der Waals surface area contributed by atoms with Crippen molar-refractivity contribution in [2.24, 2.45) is 0 Å². The van der Waals surface area contributed by atoms with Gasteiger partial charge in [0.15, 0.2) is 5.82 Å². The summed E-state index contributed by atoms with van der Waals surface area (Å²) >= 11 is 0. The second-order valence-corrected chi connectivity index (χ2v) is 3.80. The van der Waals surface area contributed by atoms with E-state index in [-0.39, 0.29) is 12.5 Å². The summed E-state index contributed by atoms with van der Waals surface area (Å²) in [5, 5.41) is 15.6. The van der Waals surface area contributed by atoms with Crippen LogP contribution >= 0.6 is 0 Å². The van der Waals surface area contributed by atoms with Crippen LogP contribution in [0.15, 0.2) is 31.0 Å². The molecule has 1 unspecified atom stereocenters. The minimum Gasteiger partial charge on any atom is -0.392 e. The number of rotatable bonds is 4. The van der Waals surface area contributed by atoms with Crippen molar-refractivity contribution in [3.05, 3.63) is 36.5 Å². The summed E-state index contributed by atoms with van der Waals surface area (Å²) in [6.07, 6.45) is 3.81. The van der Waals surface area contributed by atoms with Crippen molar-refractivity contribution in [2.45, 2.75) is 13.0 Å². The molecule has 0 aliphatic carbocycles. The fourth-order valence-corrected chi connectivity index (χ4v) is 1.32. The van der Waals surface area contributed by atoms with Crippen molar-refractivity contribution >= 4 is 5.91 Å². The monoisotopic (exact) mass is 247 g/mol. The topological polar surface area (TPSA) is 92.9 Å². The first-order chi connectivity index (χ1) is 8.66. The molecule has 0 aliphatic heterocycles. The Hall–Kier alpha value is -2.28. The number of nitrogens with zero attached hydrogens (tertiary/aromatic N) is 4. The number of aliphatic hydroxyl groups is 1. The second-order valence-electron chi connectivity index (χ2n) is 3.80. The van der Waals surface area contributed by atoms with Gasteiger partial charge in [0, 0.05) is 12.7 Å². The third-order valence-corrected chi connectivity index (χ3v) is 2.22. The van der Waals surface area contributed by atoms with Crippen LogP contribution in [0.5, 0.6) is 0 Å². The standard InChI is InChI=1S/C11H13N5O2/c1-8(17)4-14-11(18)9-2-3-10(13-5-9)16-7-12-6-15-16/h2-3,5-8,17H,4H2,1H3,(H,14,18). The number of hydrogen-bond donors (Lipinski definition) is 2. The number of amides is 1. The van der Waals surface area contributed by atoms with Crippen LogP contribution in [0, 0.1) is 0 Å². The Bertz CT molecular complexity index is 507. The van der Waals surface area contributed by atoms with Crippen LogP contribution in [0.4, 0.5) is 0 Å². The molecule has 2 rings (SSSR count). The number of pyridine rings is 1. The normalized spacial score (nSPS) is 12.1. The van der Waals surface area contributed by atoms with E-state index >= 15 is 0 Å². The number of aromatic nitrogens is 4. The average molecular weight is 247 g/mol. The molecule has 7 nitrogen and oxygen atoms in total. The third kappa shape index (κ3) is 2.89. The maximum Gasteiger partial charge on any atom is 0.252 e. The summed E-state index contributed by atoms with van der Waals surface area (Å²) in [7, 11) is 0. The number of carbonyl (C=O) groups excluding carboxylic acids is 1. The fourth-order valence-electron chi connectivity index (χ4n) is 1.32. The van der Waals surface area contributed by atoms with E-state index in [1.165, 1.54) is 23.5 Å². The predicted molar refractivity (Wildman–Crippen MR) is 63.2 cm³/mol. The fraction of sp³-hybridized carbons (Fsp3) is 0.273. The Balaban J connectivity index is 2.06. The summed E-state index contributed by atoms with van der Waals surface area (Å²) in [5.41, 5.74) is 0.430. The lowest BCUT2D eigenvalue weighted by atomic mass is 10.2. The Kier molecular flexibility index (Phi) is 3.63. The van der Waals surface area contributed by atoms with Crippen LogP contribution in [-0.4, -0.2) is 43.4 Å². The van der Waals surface area contributed by atoms with Crippen LogP contribution in [0.25, 0.3) is 5.82 Å². The van der Waals surface area contributed by atoms with Crippen LogP contribution in [-0.2, 0) is 0 Å². The number of hydrogen-bond acceptors (Lipinski definition) is 5. The van der Waals surface area contributed by atoms with Gasteiger partial charge in [-0.1, -0.05) is 0 Å². The predicted octanol–water partition coefficient (Wildman–Crippen LogP) is -0.227. The van der Waals surface area contributed by atoms with Gasteiger partial charge in [-0.15, -0.1) is 0 Å². The van der Waals surface area contributed by atoms with Gasteiger partial charge in [-0.3, -0.25) is 4.79 Å². The molecule has 2 aromatic heterocycles. The molecule has 0 bridgehead atoms. The van der Waals surface area contributed by atoms with Crippen molar-refractivity contribution in [2.75, 3.05) is 6.54 Å². The van der Waals surface area contributed by atoms with Crippen LogP contribution in [0.2, 0.25) is 0 Å². The van der Waals surface area contributed by atoms with Crippen LogP contribution in [0.1, 0.15) is 17.3 Å². The first-order valence-electron chi connectivity index (χ1n) is 5.44. The molecular formula is C11H13N5O2. The van der Waals surface area contributed by atoms with Gasteiger partial charge >= 0.3 is 0 Å². The number of nitrogens with one attached hydrogen (secondary N) is 1. The van der Waals surface area contributed by atoms with Crippen LogP contribution < -0.4 is 5.32 Å². The molecule has 7 heteroatoms. The zero-order valence-corrected chi connectivity index (χ0v) is 9.82. The summed E-state index contributed by atoms with van der Waals surface area (Å²) < 4.78 is 1.50. The zero-order chi connectivity index (χ0) is 13.0. The molecule has 0 aromatic carbocycles. The molecular weight excluding hydrogens is 234 g/mol. The van der Waals surface area contributed by atoms with E-state index in [4.69, 9.17) is 5.11 Å².